The molecule has 0 spiro atoms. The summed E-state index contributed by atoms with van der Waals surface area (Å²) in [6, 6.07) is 5.34. The molecule has 0 atom stereocenters. The normalized spacial score (nSPS) is 12.4. The van der Waals surface area contributed by atoms with Gasteiger partial charge < -0.3 is 0 Å². The third-order valence-corrected chi connectivity index (χ3v) is 3.66. The first kappa shape index (κ1) is 14.8. The van der Waals surface area contributed by atoms with E-state index in [0.717, 1.165) is 11.1 Å². The summed E-state index contributed by atoms with van der Waals surface area (Å²) >= 11 is 0. The van der Waals surface area contributed by atoms with Crippen molar-refractivity contribution in [3.05, 3.63) is 34.2 Å². The van der Waals surface area contributed by atoms with Crippen molar-refractivity contribution in [1.82, 2.24) is 0 Å². The zero-order chi connectivity index (χ0) is 14.0. The fraction of sp³-hybridized carbons (Fsp3) is 0.538. The number of hydrogen-bond donors (Lipinski definition) is 0. The molecule has 0 radical (unpaired) electrons. The molecule has 0 saturated heterocycles. The Morgan fingerprint density at radius 3 is 2.22 bits per heavy atom. The molecule has 0 saturated carbocycles. The maximum atomic E-state index is 11.2. The van der Waals surface area contributed by atoms with Gasteiger partial charge in [0.05, 0.1) is 5.75 Å². The van der Waals surface area contributed by atoms with Gasteiger partial charge in [-0.3, -0.25) is 0 Å². The zero-order valence-electron chi connectivity index (χ0n) is 11.2. The van der Waals surface area contributed by atoms with Crippen LogP contribution in [0.2, 0.25) is 0 Å². The summed E-state index contributed by atoms with van der Waals surface area (Å²) in [5.74, 6) is 0.0822. The predicted octanol–water partition coefficient (Wildman–Crippen LogP) is 2.97. The Bertz CT molecular complexity index is 542. The van der Waals surface area contributed by atoms with Gasteiger partial charge in [0.1, 0.15) is 15.5 Å². The van der Waals surface area contributed by atoms with Crippen LogP contribution < -0.4 is 0 Å². The number of hydrogen-bond acceptors (Lipinski definition) is 4. The van der Waals surface area contributed by atoms with Crippen molar-refractivity contribution in [1.29, 1.82) is 0 Å². The molecule has 0 aliphatic carbocycles. The Kier molecular flexibility index (Phi) is 4.27. The van der Waals surface area contributed by atoms with Crippen molar-refractivity contribution >= 4 is 15.5 Å². The van der Waals surface area contributed by atoms with E-state index in [0.29, 0.717) is 12.1 Å². The molecule has 18 heavy (non-hydrogen) atoms. The summed E-state index contributed by atoms with van der Waals surface area (Å²) in [5.41, 5.74) is 2.08. The predicted molar refractivity (Wildman–Crippen MR) is 74.0 cm³/mol. The highest BCUT2D eigenvalue weighted by Crippen LogP contribution is 2.28. The molecule has 0 aromatic heterocycles. The van der Waals surface area contributed by atoms with Crippen LogP contribution in [-0.2, 0) is 21.7 Å². The highest BCUT2D eigenvalue weighted by atomic mass is 32.2. The Morgan fingerprint density at radius 1 is 1.17 bits per heavy atom. The van der Waals surface area contributed by atoms with Gasteiger partial charge in [-0.05, 0) is 40.3 Å². The van der Waals surface area contributed by atoms with Gasteiger partial charge in [0, 0.05) is 6.26 Å². The molecule has 0 amide bonds. The van der Waals surface area contributed by atoms with E-state index >= 15 is 0 Å². The minimum Gasteiger partial charge on any atom is -0.229 e. The lowest BCUT2D eigenvalue weighted by atomic mass is 9.85. The summed E-state index contributed by atoms with van der Waals surface area (Å²) < 4.78 is 22.3. The van der Waals surface area contributed by atoms with Crippen LogP contribution in [-0.4, -0.2) is 20.4 Å². The molecule has 100 valence electrons. The van der Waals surface area contributed by atoms with E-state index in [1.807, 2.05) is 26.8 Å². The average Bonchev–Trinajstić information content (AvgIpc) is 2.24. The van der Waals surface area contributed by atoms with Crippen LogP contribution in [0.4, 0.5) is 5.69 Å². The summed E-state index contributed by atoms with van der Waals surface area (Å²) in [7, 11) is -3.00. The third kappa shape index (κ3) is 4.56. The number of nitroso groups, excluding NO2 is 1. The van der Waals surface area contributed by atoms with Gasteiger partial charge in [0.25, 0.3) is 0 Å². The van der Waals surface area contributed by atoms with Gasteiger partial charge in [-0.2, -0.15) is 0 Å². The van der Waals surface area contributed by atoms with E-state index in [9.17, 15) is 13.3 Å². The molecule has 0 aliphatic heterocycles. The first-order valence-electron chi connectivity index (χ1n) is 5.77. The monoisotopic (exact) mass is 269 g/mol. The second-order valence-electron chi connectivity index (χ2n) is 5.61. The summed E-state index contributed by atoms with van der Waals surface area (Å²) in [4.78, 5) is 10.7. The van der Waals surface area contributed by atoms with Crippen LogP contribution in [0.5, 0.6) is 0 Å². The molecule has 1 rings (SSSR count). The molecule has 1 aromatic rings. The lowest BCUT2D eigenvalue weighted by molar-refractivity contribution is 0.589. The maximum Gasteiger partial charge on any atom is 0.147 e. The van der Waals surface area contributed by atoms with Crippen LogP contribution in [0.15, 0.2) is 23.4 Å². The second kappa shape index (κ2) is 5.18. The third-order valence-electron chi connectivity index (χ3n) is 2.71. The molecule has 0 aliphatic rings. The quantitative estimate of drug-likeness (QED) is 0.789. The summed E-state index contributed by atoms with van der Waals surface area (Å²) in [6.45, 7) is 6.12. The summed E-state index contributed by atoms with van der Waals surface area (Å²) in [6.07, 6.45) is 1.62. The topological polar surface area (TPSA) is 63.6 Å². The average molecular weight is 269 g/mol. The molecular weight excluding hydrogens is 250 g/mol. The molecule has 0 unspecified atom stereocenters. The zero-order valence-corrected chi connectivity index (χ0v) is 12.0. The standard InChI is InChI=1S/C13H19NO3S/c1-13(2,3)11-7-10(5-6-18(4,16)17)8-12(9-11)14-15/h7-9H,5-6H2,1-4H3. The SMILES string of the molecule is CC(C)(C)c1cc(CCS(C)(=O)=O)cc(N=O)c1. The molecule has 4 nitrogen and oxygen atoms in total. The van der Waals surface area contributed by atoms with E-state index in [2.05, 4.69) is 5.18 Å². The van der Waals surface area contributed by atoms with E-state index < -0.39 is 9.84 Å². The smallest absolute Gasteiger partial charge is 0.147 e. The number of aryl methyl sites for hydroxylation is 1. The lowest BCUT2D eigenvalue weighted by Gasteiger charge is -2.20. The van der Waals surface area contributed by atoms with Crippen molar-refractivity contribution in [3.8, 4) is 0 Å². The van der Waals surface area contributed by atoms with Crippen LogP contribution in [0.1, 0.15) is 31.9 Å². The Labute approximate surface area is 108 Å². The minimum atomic E-state index is -3.00. The fourth-order valence-electron chi connectivity index (χ4n) is 1.61. The van der Waals surface area contributed by atoms with Crippen LogP contribution >= 0.6 is 0 Å². The Morgan fingerprint density at radius 2 is 1.78 bits per heavy atom. The van der Waals surface area contributed by atoms with Crippen LogP contribution in [0, 0.1) is 4.91 Å². The molecule has 1 aromatic carbocycles. The first-order valence-corrected chi connectivity index (χ1v) is 7.83. The number of sulfone groups is 1. The Balaban J connectivity index is 3.09. The van der Waals surface area contributed by atoms with Gasteiger partial charge in [-0.1, -0.05) is 26.8 Å². The molecule has 0 heterocycles. The molecule has 5 heteroatoms. The molecule has 0 bridgehead atoms. The van der Waals surface area contributed by atoms with Crippen LogP contribution in [0.25, 0.3) is 0 Å². The van der Waals surface area contributed by atoms with Gasteiger partial charge in [-0.15, -0.1) is 4.91 Å². The van der Waals surface area contributed by atoms with Crippen LogP contribution in [0.3, 0.4) is 0 Å². The van der Waals surface area contributed by atoms with Gasteiger partial charge in [0.2, 0.25) is 0 Å². The number of benzene rings is 1. The number of rotatable bonds is 4. The van der Waals surface area contributed by atoms with Crippen molar-refractivity contribution in [3.63, 3.8) is 0 Å². The van der Waals surface area contributed by atoms with Gasteiger partial charge >= 0.3 is 0 Å². The van der Waals surface area contributed by atoms with Crippen molar-refractivity contribution < 1.29 is 8.42 Å². The summed E-state index contributed by atoms with van der Waals surface area (Å²) in [5, 5.41) is 2.95. The minimum absolute atomic E-state index is 0.0822. The largest absolute Gasteiger partial charge is 0.229 e. The Hall–Kier alpha value is -1.23. The highest BCUT2D eigenvalue weighted by Gasteiger charge is 2.16. The lowest BCUT2D eigenvalue weighted by Crippen LogP contribution is -2.12. The van der Waals surface area contributed by atoms with Crippen molar-refractivity contribution in [2.45, 2.75) is 32.6 Å². The second-order valence-corrected chi connectivity index (χ2v) is 7.87. The van der Waals surface area contributed by atoms with E-state index in [1.54, 1.807) is 12.1 Å². The van der Waals surface area contributed by atoms with E-state index in [4.69, 9.17) is 0 Å². The highest BCUT2D eigenvalue weighted by molar-refractivity contribution is 7.90. The van der Waals surface area contributed by atoms with Crippen molar-refractivity contribution in [2.75, 3.05) is 12.0 Å². The molecular formula is C13H19NO3S. The molecule has 0 fully saturated rings. The maximum absolute atomic E-state index is 11.2. The fourth-order valence-corrected chi connectivity index (χ4v) is 2.21. The molecule has 0 N–H and O–H groups in total. The van der Waals surface area contributed by atoms with E-state index in [-0.39, 0.29) is 11.2 Å². The van der Waals surface area contributed by atoms with E-state index in [1.165, 1.54) is 6.26 Å². The van der Waals surface area contributed by atoms with Crippen molar-refractivity contribution in [2.24, 2.45) is 5.18 Å². The van der Waals surface area contributed by atoms with Gasteiger partial charge in [0.15, 0.2) is 0 Å². The first-order chi connectivity index (χ1) is 8.12. The number of nitrogens with zero attached hydrogens (tertiary/aromatic N) is 1. The van der Waals surface area contributed by atoms with Gasteiger partial charge in [-0.25, -0.2) is 8.42 Å².